The fourth-order valence-electron chi connectivity index (χ4n) is 2.86. The number of hydrogen-bond acceptors (Lipinski definition) is 2. The Labute approximate surface area is 140 Å². The van der Waals surface area contributed by atoms with Crippen LogP contribution >= 0.6 is 31.9 Å². The van der Waals surface area contributed by atoms with E-state index in [-0.39, 0.29) is 11.8 Å². The van der Waals surface area contributed by atoms with Crippen molar-refractivity contribution < 1.29 is 14.7 Å². The molecule has 6 heteroatoms. The van der Waals surface area contributed by atoms with Crippen LogP contribution in [0.15, 0.2) is 27.1 Å². The van der Waals surface area contributed by atoms with Gasteiger partial charge in [-0.3, -0.25) is 4.79 Å². The molecular weight excluding hydrogens is 402 g/mol. The van der Waals surface area contributed by atoms with Crippen molar-refractivity contribution in [2.24, 2.45) is 5.92 Å². The minimum absolute atomic E-state index is 0.0803. The maximum Gasteiger partial charge on any atom is 0.329 e. The molecule has 114 valence electrons. The van der Waals surface area contributed by atoms with Gasteiger partial charge in [-0.25, -0.2) is 4.79 Å². The summed E-state index contributed by atoms with van der Waals surface area (Å²) in [7, 11) is 0. The van der Waals surface area contributed by atoms with Gasteiger partial charge in [-0.2, -0.15) is 0 Å². The smallest absolute Gasteiger partial charge is 0.329 e. The molecule has 0 aliphatic heterocycles. The summed E-state index contributed by atoms with van der Waals surface area (Å²) in [5, 5.41) is 12.4. The Morgan fingerprint density at radius 3 is 2.38 bits per heavy atom. The second-order valence-corrected chi connectivity index (χ2v) is 7.37. The monoisotopic (exact) mass is 417 g/mol. The summed E-state index contributed by atoms with van der Waals surface area (Å²) in [5.41, 5.74) is -0.723. The number of benzene rings is 1. The molecule has 1 aliphatic carbocycles. The molecule has 0 saturated heterocycles. The molecule has 1 aromatic rings. The van der Waals surface area contributed by atoms with Gasteiger partial charge >= 0.3 is 5.97 Å². The average molecular weight is 419 g/mol. The van der Waals surface area contributed by atoms with Crippen molar-refractivity contribution >= 4 is 43.7 Å². The maximum atomic E-state index is 12.5. The predicted molar refractivity (Wildman–Crippen MR) is 87.3 cm³/mol. The van der Waals surface area contributed by atoms with Crippen molar-refractivity contribution in [1.82, 2.24) is 5.32 Å². The van der Waals surface area contributed by atoms with Crippen LogP contribution in [0, 0.1) is 5.92 Å². The molecule has 4 nitrogen and oxygen atoms in total. The molecule has 0 radical (unpaired) electrons. The Bertz CT molecular complexity index is 556. The largest absolute Gasteiger partial charge is 0.479 e. The van der Waals surface area contributed by atoms with Crippen LogP contribution in [-0.2, 0) is 4.79 Å². The summed E-state index contributed by atoms with van der Waals surface area (Å²) in [6.07, 6.45) is 3.12. The Balaban J connectivity index is 2.28. The zero-order valence-electron chi connectivity index (χ0n) is 11.7. The van der Waals surface area contributed by atoms with Crippen molar-refractivity contribution in [3.8, 4) is 0 Å². The minimum atomic E-state index is -1.16. The van der Waals surface area contributed by atoms with Crippen molar-refractivity contribution in [3.05, 3.63) is 32.7 Å². The second kappa shape index (κ2) is 6.48. The molecule has 1 saturated carbocycles. The molecule has 0 aromatic heterocycles. The van der Waals surface area contributed by atoms with Gasteiger partial charge in [0.05, 0.1) is 0 Å². The molecule has 2 N–H and O–H groups in total. The van der Waals surface area contributed by atoms with Gasteiger partial charge in [0.2, 0.25) is 0 Å². The number of rotatable bonds is 3. The SMILES string of the molecule is CC1CCCCC1(NC(=O)c1cc(Br)cc(Br)c1)C(=O)O. The predicted octanol–water partition coefficient (Wildman–Crippen LogP) is 3.97. The van der Waals surface area contributed by atoms with Crippen LogP contribution in [0.5, 0.6) is 0 Å². The summed E-state index contributed by atoms with van der Waals surface area (Å²) in [4.78, 5) is 24.2. The number of halogens is 2. The van der Waals surface area contributed by atoms with E-state index in [1.54, 1.807) is 12.1 Å². The van der Waals surface area contributed by atoms with Crippen LogP contribution in [0.2, 0.25) is 0 Å². The molecule has 1 aliphatic rings. The third-order valence-corrected chi connectivity index (χ3v) is 5.06. The highest BCUT2D eigenvalue weighted by Gasteiger charge is 2.46. The average Bonchev–Trinajstić information content (AvgIpc) is 2.40. The Kier molecular flexibility index (Phi) is 5.09. The molecule has 0 heterocycles. The fourth-order valence-corrected chi connectivity index (χ4v) is 4.16. The van der Waals surface area contributed by atoms with Gasteiger partial charge < -0.3 is 10.4 Å². The number of aliphatic carboxylic acids is 1. The minimum Gasteiger partial charge on any atom is -0.479 e. The highest BCUT2D eigenvalue weighted by atomic mass is 79.9. The summed E-state index contributed by atoms with van der Waals surface area (Å²) in [5.74, 6) is -1.38. The molecule has 1 fully saturated rings. The molecule has 0 spiro atoms. The fraction of sp³-hybridized carbons (Fsp3) is 0.467. The van der Waals surface area contributed by atoms with E-state index in [4.69, 9.17) is 0 Å². The van der Waals surface area contributed by atoms with Crippen LogP contribution in [-0.4, -0.2) is 22.5 Å². The lowest BCUT2D eigenvalue weighted by Gasteiger charge is -2.39. The number of carbonyl (C=O) groups excluding carboxylic acids is 1. The van der Waals surface area contributed by atoms with Crippen LogP contribution < -0.4 is 5.32 Å². The van der Waals surface area contributed by atoms with Crippen molar-refractivity contribution in [1.29, 1.82) is 0 Å². The Morgan fingerprint density at radius 1 is 1.24 bits per heavy atom. The molecule has 21 heavy (non-hydrogen) atoms. The quantitative estimate of drug-likeness (QED) is 0.780. The van der Waals surface area contributed by atoms with Gasteiger partial charge in [-0.15, -0.1) is 0 Å². The zero-order valence-corrected chi connectivity index (χ0v) is 14.8. The Hall–Kier alpha value is -0.880. The lowest BCUT2D eigenvalue weighted by Crippen LogP contribution is -2.60. The van der Waals surface area contributed by atoms with E-state index in [0.717, 1.165) is 28.2 Å². The van der Waals surface area contributed by atoms with E-state index in [2.05, 4.69) is 37.2 Å². The first kappa shape index (κ1) is 16.5. The molecular formula is C15H17Br2NO3. The number of nitrogens with one attached hydrogen (secondary N) is 1. The standard InChI is InChI=1S/C15H17Br2NO3/c1-9-4-2-3-5-15(9,14(20)21)18-13(19)10-6-11(16)8-12(17)7-10/h6-9H,2-5H2,1H3,(H,18,19)(H,20,21). The third kappa shape index (κ3) is 3.48. The molecule has 2 rings (SSSR count). The van der Waals surface area contributed by atoms with E-state index < -0.39 is 11.5 Å². The number of carbonyl (C=O) groups is 2. The Morgan fingerprint density at radius 2 is 1.86 bits per heavy atom. The molecule has 1 amide bonds. The van der Waals surface area contributed by atoms with E-state index in [1.165, 1.54) is 0 Å². The second-order valence-electron chi connectivity index (χ2n) is 5.54. The van der Waals surface area contributed by atoms with E-state index in [0.29, 0.717) is 12.0 Å². The first-order chi connectivity index (χ1) is 9.85. The molecule has 2 atom stereocenters. The van der Waals surface area contributed by atoms with Crippen molar-refractivity contribution in [2.45, 2.75) is 38.1 Å². The highest BCUT2D eigenvalue weighted by molar-refractivity contribution is 9.11. The molecule has 2 unspecified atom stereocenters. The number of carboxylic acid groups (broad SMARTS) is 1. The third-order valence-electron chi connectivity index (χ3n) is 4.14. The van der Waals surface area contributed by atoms with Gasteiger partial charge in [-0.1, -0.05) is 51.6 Å². The van der Waals surface area contributed by atoms with Crippen molar-refractivity contribution in [2.75, 3.05) is 0 Å². The van der Waals surface area contributed by atoms with Crippen LogP contribution in [0.4, 0.5) is 0 Å². The van der Waals surface area contributed by atoms with Crippen LogP contribution in [0.1, 0.15) is 43.0 Å². The summed E-state index contributed by atoms with van der Waals surface area (Å²) >= 11 is 6.67. The van der Waals surface area contributed by atoms with E-state index in [1.807, 2.05) is 13.0 Å². The zero-order chi connectivity index (χ0) is 15.6. The topological polar surface area (TPSA) is 66.4 Å². The van der Waals surface area contributed by atoms with Crippen LogP contribution in [0.3, 0.4) is 0 Å². The maximum absolute atomic E-state index is 12.5. The van der Waals surface area contributed by atoms with Gasteiger partial charge in [-0.05, 0) is 37.0 Å². The molecule has 1 aromatic carbocycles. The van der Waals surface area contributed by atoms with Crippen molar-refractivity contribution in [3.63, 3.8) is 0 Å². The van der Waals surface area contributed by atoms with Gasteiger partial charge in [0.25, 0.3) is 5.91 Å². The van der Waals surface area contributed by atoms with Gasteiger partial charge in [0.1, 0.15) is 5.54 Å². The summed E-state index contributed by atoms with van der Waals surface area (Å²) in [6.45, 7) is 1.89. The number of carboxylic acids is 1. The summed E-state index contributed by atoms with van der Waals surface area (Å²) < 4.78 is 1.53. The number of amides is 1. The summed E-state index contributed by atoms with van der Waals surface area (Å²) in [6, 6.07) is 5.19. The van der Waals surface area contributed by atoms with E-state index >= 15 is 0 Å². The normalized spacial score (nSPS) is 25.4. The highest BCUT2D eigenvalue weighted by Crippen LogP contribution is 2.34. The number of hydrogen-bond donors (Lipinski definition) is 2. The van der Waals surface area contributed by atoms with Crippen LogP contribution in [0.25, 0.3) is 0 Å². The van der Waals surface area contributed by atoms with Gasteiger partial charge in [0, 0.05) is 14.5 Å². The molecule has 0 bridgehead atoms. The lowest BCUT2D eigenvalue weighted by atomic mass is 9.73. The van der Waals surface area contributed by atoms with Gasteiger partial charge in [0.15, 0.2) is 0 Å². The first-order valence-electron chi connectivity index (χ1n) is 6.87. The lowest BCUT2D eigenvalue weighted by molar-refractivity contribution is -0.148. The van der Waals surface area contributed by atoms with E-state index in [9.17, 15) is 14.7 Å². The first-order valence-corrected chi connectivity index (χ1v) is 8.46.